The van der Waals surface area contributed by atoms with Crippen molar-refractivity contribution in [2.45, 2.75) is 25.7 Å². The molecule has 0 radical (unpaired) electrons. The summed E-state index contributed by atoms with van der Waals surface area (Å²) in [6.45, 7) is 2.46. The Kier molecular flexibility index (Phi) is 5.02. The van der Waals surface area contributed by atoms with Crippen molar-refractivity contribution in [2.75, 3.05) is 26.2 Å². The van der Waals surface area contributed by atoms with E-state index in [0.717, 1.165) is 23.4 Å². The largest absolute Gasteiger partial charge is 0.339 e. The van der Waals surface area contributed by atoms with E-state index in [4.69, 9.17) is 0 Å². The molecule has 0 N–H and O–H groups in total. The highest BCUT2D eigenvalue weighted by Gasteiger charge is 2.31. The molecule has 5 nitrogen and oxygen atoms in total. The maximum Gasteiger partial charge on any atom is 0.273 e. The molecular formula is C20H23N3O2S. The molecule has 2 amide bonds. The van der Waals surface area contributed by atoms with E-state index in [1.165, 1.54) is 24.2 Å². The van der Waals surface area contributed by atoms with Gasteiger partial charge in [-0.1, -0.05) is 43.2 Å². The van der Waals surface area contributed by atoms with E-state index in [0.29, 0.717) is 31.9 Å². The Morgan fingerprint density at radius 3 is 2.31 bits per heavy atom. The van der Waals surface area contributed by atoms with E-state index in [2.05, 4.69) is 4.98 Å². The molecule has 1 saturated heterocycles. The monoisotopic (exact) mass is 369 g/mol. The Bertz CT molecular complexity index is 775. The molecule has 2 fully saturated rings. The number of piperazine rings is 1. The summed E-state index contributed by atoms with van der Waals surface area (Å²) in [4.78, 5) is 33.5. The van der Waals surface area contributed by atoms with Crippen molar-refractivity contribution in [1.29, 1.82) is 0 Å². The van der Waals surface area contributed by atoms with Gasteiger partial charge in [0, 0.05) is 43.0 Å². The van der Waals surface area contributed by atoms with Gasteiger partial charge in [-0.25, -0.2) is 4.98 Å². The number of benzene rings is 1. The van der Waals surface area contributed by atoms with Crippen molar-refractivity contribution in [3.05, 3.63) is 41.4 Å². The molecule has 2 aromatic rings. The number of nitrogens with zero attached hydrogens (tertiary/aromatic N) is 3. The minimum absolute atomic E-state index is 0.0311. The average molecular weight is 369 g/mol. The van der Waals surface area contributed by atoms with Crippen LogP contribution >= 0.6 is 11.3 Å². The molecule has 4 rings (SSSR count). The number of carbonyl (C=O) groups excluding carboxylic acids is 2. The predicted octanol–water partition coefficient (Wildman–Crippen LogP) is 3.28. The van der Waals surface area contributed by atoms with Gasteiger partial charge in [-0.2, -0.15) is 0 Å². The van der Waals surface area contributed by atoms with Gasteiger partial charge in [-0.3, -0.25) is 9.59 Å². The molecule has 1 aliphatic carbocycles. The predicted molar refractivity (Wildman–Crippen MR) is 102 cm³/mol. The van der Waals surface area contributed by atoms with Gasteiger partial charge >= 0.3 is 0 Å². The van der Waals surface area contributed by atoms with Gasteiger partial charge in [0.1, 0.15) is 10.7 Å². The lowest BCUT2D eigenvalue weighted by Gasteiger charge is -2.35. The van der Waals surface area contributed by atoms with Gasteiger partial charge in [0.2, 0.25) is 5.91 Å². The zero-order valence-electron chi connectivity index (χ0n) is 14.8. The summed E-state index contributed by atoms with van der Waals surface area (Å²) in [6.07, 6.45) is 4.39. The van der Waals surface area contributed by atoms with Crippen molar-refractivity contribution in [3.63, 3.8) is 0 Å². The van der Waals surface area contributed by atoms with E-state index >= 15 is 0 Å². The molecule has 0 spiro atoms. The first-order valence-electron chi connectivity index (χ1n) is 9.31. The Hall–Kier alpha value is -2.21. The first kappa shape index (κ1) is 17.2. The molecule has 26 heavy (non-hydrogen) atoms. The van der Waals surface area contributed by atoms with E-state index < -0.39 is 0 Å². The zero-order valence-corrected chi connectivity index (χ0v) is 15.6. The van der Waals surface area contributed by atoms with Gasteiger partial charge in [0.05, 0.1) is 0 Å². The van der Waals surface area contributed by atoms with E-state index in [9.17, 15) is 9.59 Å². The molecular weight excluding hydrogens is 346 g/mol. The number of hydrogen-bond acceptors (Lipinski definition) is 4. The first-order chi connectivity index (χ1) is 12.7. The second kappa shape index (κ2) is 7.58. The highest BCUT2D eigenvalue weighted by atomic mass is 32.1. The quantitative estimate of drug-likeness (QED) is 0.834. The Balaban J connectivity index is 1.36. The van der Waals surface area contributed by atoms with Crippen LogP contribution in [-0.4, -0.2) is 52.8 Å². The molecule has 0 unspecified atom stereocenters. The Morgan fingerprint density at radius 2 is 1.62 bits per heavy atom. The third-order valence-electron chi connectivity index (χ3n) is 5.33. The lowest BCUT2D eigenvalue weighted by atomic mass is 10.1. The van der Waals surface area contributed by atoms with Gasteiger partial charge in [-0.05, 0) is 12.8 Å². The summed E-state index contributed by atoms with van der Waals surface area (Å²) in [7, 11) is 0. The molecule has 0 atom stereocenters. The third-order valence-corrected chi connectivity index (χ3v) is 6.22. The van der Waals surface area contributed by atoms with Crippen LogP contribution in [0.5, 0.6) is 0 Å². The van der Waals surface area contributed by atoms with Crippen LogP contribution in [-0.2, 0) is 4.79 Å². The smallest absolute Gasteiger partial charge is 0.273 e. The van der Waals surface area contributed by atoms with Gasteiger partial charge in [0.25, 0.3) is 5.91 Å². The zero-order chi connectivity index (χ0) is 17.9. The normalized spacial score (nSPS) is 18.3. The molecule has 1 aliphatic heterocycles. The minimum atomic E-state index is -0.0311. The van der Waals surface area contributed by atoms with Crippen LogP contribution in [0.3, 0.4) is 0 Å². The van der Waals surface area contributed by atoms with Gasteiger partial charge in [0.15, 0.2) is 0 Å². The maximum absolute atomic E-state index is 12.7. The second-order valence-electron chi connectivity index (χ2n) is 7.00. The van der Waals surface area contributed by atoms with Gasteiger partial charge in [-0.15, -0.1) is 11.3 Å². The molecule has 2 aliphatic rings. The highest BCUT2D eigenvalue weighted by molar-refractivity contribution is 7.13. The number of amides is 2. The van der Waals surface area contributed by atoms with Crippen LogP contribution in [0, 0.1) is 5.92 Å². The fourth-order valence-corrected chi connectivity index (χ4v) is 4.61. The topological polar surface area (TPSA) is 53.5 Å². The van der Waals surface area contributed by atoms with Crippen molar-refractivity contribution in [1.82, 2.24) is 14.8 Å². The minimum Gasteiger partial charge on any atom is -0.339 e. The molecule has 2 heterocycles. The number of hydrogen-bond donors (Lipinski definition) is 0. The van der Waals surface area contributed by atoms with Crippen molar-refractivity contribution in [3.8, 4) is 10.6 Å². The molecule has 0 bridgehead atoms. The van der Waals surface area contributed by atoms with E-state index in [-0.39, 0.29) is 17.7 Å². The summed E-state index contributed by atoms with van der Waals surface area (Å²) in [5, 5.41) is 2.70. The number of carbonyl (C=O) groups is 2. The highest BCUT2D eigenvalue weighted by Crippen LogP contribution is 2.27. The number of aromatic nitrogens is 1. The van der Waals surface area contributed by atoms with Crippen LogP contribution in [0.25, 0.3) is 10.6 Å². The van der Waals surface area contributed by atoms with Crippen molar-refractivity contribution in [2.24, 2.45) is 5.92 Å². The van der Waals surface area contributed by atoms with Crippen molar-refractivity contribution >= 4 is 23.2 Å². The Labute approximate surface area is 157 Å². The van der Waals surface area contributed by atoms with Crippen LogP contribution in [0.4, 0.5) is 0 Å². The molecule has 1 aromatic heterocycles. The standard InChI is InChI=1S/C20H23N3O2S/c24-19(16-8-4-5-9-16)22-10-12-23(13-11-22)20(25)17-14-26-18(21-17)15-6-2-1-3-7-15/h1-3,6-7,14,16H,4-5,8-13H2. The SMILES string of the molecule is O=C(c1csc(-c2ccccc2)n1)N1CCN(C(=O)C2CCCC2)CC1. The van der Waals surface area contributed by atoms with Gasteiger partial charge < -0.3 is 9.80 Å². The Morgan fingerprint density at radius 1 is 0.962 bits per heavy atom. The number of rotatable bonds is 3. The summed E-state index contributed by atoms with van der Waals surface area (Å²) in [5.41, 5.74) is 1.54. The van der Waals surface area contributed by atoms with Crippen LogP contribution in [0.15, 0.2) is 35.7 Å². The fourth-order valence-electron chi connectivity index (χ4n) is 3.81. The lowest BCUT2D eigenvalue weighted by molar-refractivity contribution is -0.136. The summed E-state index contributed by atoms with van der Waals surface area (Å²) >= 11 is 1.49. The molecule has 1 saturated carbocycles. The van der Waals surface area contributed by atoms with E-state index in [1.807, 2.05) is 45.5 Å². The maximum atomic E-state index is 12.7. The summed E-state index contributed by atoms with van der Waals surface area (Å²) in [5.74, 6) is 0.468. The first-order valence-corrected chi connectivity index (χ1v) is 10.2. The second-order valence-corrected chi connectivity index (χ2v) is 7.86. The molecule has 6 heteroatoms. The number of thiazole rings is 1. The van der Waals surface area contributed by atoms with Crippen LogP contribution in [0.2, 0.25) is 0 Å². The molecule has 1 aromatic carbocycles. The fraction of sp³-hybridized carbons (Fsp3) is 0.450. The van der Waals surface area contributed by atoms with E-state index in [1.54, 1.807) is 0 Å². The lowest BCUT2D eigenvalue weighted by Crippen LogP contribution is -2.51. The third kappa shape index (κ3) is 3.51. The molecule has 136 valence electrons. The average Bonchev–Trinajstić information content (AvgIpc) is 3.40. The van der Waals surface area contributed by atoms with Crippen LogP contribution in [0.1, 0.15) is 36.2 Å². The summed E-state index contributed by atoms with van der Waals surface area (Å²) in [6, 6.07) is 9.91. The van der Waals surface area contributed by atoms with Crippen LogP contribution < -0.4 is 0 Å². The summed E-state index contributed by atoms with van der Waals surface area (Å²) < 4.78 is 0. The van der Waals surface area contributed by atoms with Crippen molar-refractivity contribution < 1.29 is 9.59 Å².